The van der Waals surface area contributed by atoms with Crippen molar-refractivity contribution in [3.8, 4) is 0 Å². The van der Waals surface area contributed by atoms with Gasteiger partial charge in [-0.2, -0.15) is 0 Å². The second-order valence-electron chi connectivity index (χ2n) is 6.70. The monoisotopic (exact) mass is 353 g/mol. The summed E-state index contributed by atoms with van der Waals surface area (Å²) in [5, 5.41) is 12.6. The standard InChI is InChI=1S/C18H28ClN3O2/c1-14(2)11-18(24)22-9-7-21(8-10-22)16-5-3-15(4-6-16)20-13-17(23)12-19/h3-6,14,17,20,23H,7-13H2,1-2H3. The minimum Gasteiger partial charge on any atom is -0.390 e. The smallest absolute Gasteiger partial charge is 0.222 e. The SMILES string of the molecule is CC(C)CC(=O)N1CCN(c2ccc(NCC(O)CCl)cc2)CC1. The van der Waals surface area contributed by atoms with Gasteiger partial charge in [-0.15, -0.1) is 11.6 Å². The van der Waals surface area contributed by atoms with Gasteiger partial charge in [-0.1, -0.05) is 13.8 Å². The van der Waals surface area contributed by atoms with Crippen molar-refractivity contribution in [3.63, 3.8) is 0 Å². The van der Waals surface area contributed by atoms with Gasteiger partial charge in [0.25, 0.3) is 0 Å². The lowest BCUT2D eigenvalue weighted by Crippen LogP contribution is -2.49. The second-order valence-corrected chi connectivity index (χ2v) is 7.01. The number of amides is 1. The quantitative estimate of drug-likeness (QED) is 0.739. The van der Waals surface area contributed by atoms with Gasteiger partial charge in [0.2, 0.25) is 5.91 Å². The lowest BCUT2D eigenvalue weighted by atomic mass is 10.1. The number of nitrogens with one attached hydrogen (secondary N) is 1. The molecular weight excluding hydrogens is 326 g/mol. The number of aliphatic hydroxyl groups excluding tert-OH is 1. The minimum absolute atomic E-state index is 0.227. The highest BCUT2D eigenvalue weighted by molar-refractivity contribution is 6.18. The molecule has 2 N–H and O–H groups in total. The number of halogens is 1. The van der Waals surface area contributed by atoms with E-state index in [0.717, 1.165) is 37.6 Å². The van der Waals surface area contributed by atoms with E-state index in [1.165, 1.54) is 0 Å². The van der Waals surface area contributed by atoms with Crippen molar-refractivity contribution in [3.05, 3.63) is 24.3 Å². The van der Waals surface area contributed by atoms with Crippen LogP contribution in [0, 0.1) is 5.92 Å². The highest BCUT2D eigenvalue weighted by Gasteiger charge is 2.21. The molecule has 5 nitrogen and oxygen atoms in total. The number of carbonyl (C=O) groups excluding carboxylic acids is 1. The van der Waals surface area contributed by atoms with Crippen molar-refractivity contribution in [2.24, 2.45) is 5.92 Å². The summed E-state index contributed by atoms with van der Waals surface area (Å²) in [5.74, 6) is 0.903. The van der Waals surface area contributed by atoms with Crippen molar-refractivity contribution >= 4 is 28.9 Å². The molecule has 1 aromatic rings. The van der Waals surface area contributed by atoms with E-state index in [9.17, 15) is 9.90 Å². The molecule has 1 atom stereocenters. The van der Waals surface area contributed by atoms with E-state index in [-0.39, 0.29) is 11.8 Å². The van der Waals surface area contributed by atoms with E-state index >= 15 is 0 Å². The van der Waals surface area contributed by atoms with Crippen molar-refractivity contribution in [1.29, 1.82) is 0 Å². The molecular formula is C18H28ClN3O2. The van der Waals surface area contributed by atoms with Gasteiger partial charge in [0.15, 0.2) is 0 Å². The van der Waals surface area contributed by atoms with Crippen molar-refractivity contribution < 1.29 is 9.90 Å². The first-order chi connectivity index (χ1) is 11.5. The first-order valence-corrected chi connectivity index (χ1v) is 9.13. The number of benzene rings is 1. The van der Waals surface area contributed by atoms with E-state index < -0.39 is 6.10 Å². The Hall–Kier alpha value is -1.46. The first-order valence-electron chi connectivity index (χ1n) is 8.60. The predicted molar refractivity (Wildman–Crippen MR) is 99.9 cm³/mol. The number of nitrogens with zero attached hydrogens (tertiary/aromatic N) is 2. The highest BCUT2D eigenvalue weighted by atomic mass is 35.5. The van der Waals surface area contributed by atoms with E-state index in [0.29, 0.717) is 18.9 Å². The van der Waals surface area contributed by atoms with Crippen LogP contribution in [-0.2, 0) is 4.79 Å². The molecule has 0 bridgehead atoms. The maximum absolute atomic E-state index is 12.1. The van der Waals surface area contributed by atoms with Crippen molar-refractivity contribution in [1.82, 2.24) is 4.90 Å². The van der Waals surface area contributed by atoms with Gasteiger partial charge < -0.3 is 20.2 Å². The van der Waals surface area contributed by atoms with Crippen molar-refractivity contribution in [2.75, 3.05) is 48.8 Å². The average Bonchev–Trinajstić information content (AvgIpc) is 2.59. The number of piperazine rings is 1. The summed E-state index contributed by atoms with van der Waals surface area (Å²) < 4.78 is 0. The van der Waals surface area contributed by atoms with Crippen LogP contribution < -0.4 is 10.2 Å². The normalized spacial score (nSPS) is 16.4. The van der Waals surface area contributed by atoms with Crippen LogP contribution in [0.1, 0.15) is 20.3 Å². The third-order valence-corrected chi connectivity index (χ3v) is 4.52. The molecule has 1 unspecified atom stereocenters. The number of hydrogen-bond donors (Lipinski definition) is 2. The molecule has 1 heterocycles. The van der Waals surface area contributed by atoms with Gasteiger partial charge >= 0.3 is 0 Å². The number of hydrogen-bond acceptors (Lipinski definition) is 4. The Kier molecular flexibility index (Phi) is 7.18. The summed E-state index contributed by atoms with van der Waals surface area (Å²) in [6.45, 7) is 7.90. The fraction of sp³-hybridized carbons (Fsp3) is 0.611. The molecule has 1 fully saturated rings. The number of alkyl halides is 1. The molecule has 1 amide bonds. The zero-order valence-corrected chi connectivity index (χ0v) is 15.3. The van der Waals surface area contributed by atoms with Crippen molar-refractivity contribution in [2.45, 2.75) is 26.4 Å². The van der Waals surface area contributed by atoms with Gasteiger partial charge in [-0.05, 0) is 30.2 Å². The maximum Gasteiger partial charge on any atom is 0.222 e. The van der Waals surface area contributed by atoms with Crippen LogP contribution in [0.3, 0.4) is 0 Å². The number of anilines is 2. The summed E-state index contributed by atoms with van der Waals surface area (Å²) >= 11 is 5.58. The summed E-state index contributed by atoms with van der Waals surface area (Å²) in [4.78, 5) is 16.4. The van der Waals surface area contributed by atoms with Crippen LogP contribution in [0.4, 0.5) is 11.4 Å². The Morgan fingerprint density at radius 2 is 1.83 bits per heavy atom. The Labute approximate surface area is 149 Å². The molecule has 24 heavy (non-hydrogen) atoms. The maximum atomic E-state index is 12.1. The molecule has 134 valence electrons. The zero-order valence-electron chi connectivity index (χ0n) is 14.5. The minimum atomic E-state index is -0.539. The molecule has 6 heteroatoms. The molecule has 2 rings (SSSR count). The second kappa shape index (κ2) is 9.14. The Bertz CT molecular complexity index is 514. The first kappa shape index (κ1) is 18.9. The van der Waals surface area contributed by atoms with E-state index in [4.69, 9.17) is 11.6 Å². The topological polar surface area (TPSA) is 55.8 Å². The summed E-state index contributed by atoms with van der Waals surface area (Å²) in [6, 6.07) is 8.15. The summed E-state index contributed by atoms with van der Waals surface area (Å²) in [7, 11) is 0. The van der Waals surface area contributed by atoms with Gasteiger partial charge in [-0.25, -0.2) is 0 Å². The van der Waals surface area contributed by atoms with Crippen LogP contribution in [0.25, 0.3) is 0 Å². The molecule has 0 spiro atoms. The fourth-order valence-electron chi connectivity index (χ4n) is 2.77. The van der Waals surface area contributed by atoms with Gasteiger partial charge in [0.05, 0.1) is 12.0 Å². The lowest BCUT2D eigenvalue weighted by Gasteiger charge is -2.36. The molecule has 0 saturated carbocycles. The molecule has 1 aromatic carbocycles. The van der Waals surface area contributed by atoms with E-state index in [1.807, 2.05) is 17.0 Å². The van der Waals surface area contributed by atoms with E-state index in [1.54, 1.807) is 0 Å². The van der Waals surface area contributed by atoms with Gasteiger partial charge in [0, 0.05) is 50.5 Å². The Morgan fingerprint density at radius 1 is 1.21 bits per heavy atom. The number of aliphatic hydroxyl groups is 1. The molecule has 0 radical (unpaired) electrons. The number of carbonyl (C=O) groups is 1. The summed E-state index contributed by atoms with van der Waals surface area (Å²) in [6.07, 6.45) is 0.0944. The van der Waals surface area contributed by atoms with Gasteiger partial charge in [-0.3, -0.25) is 4.79 Å². The van der Waals surface area contributed by atoms with Crippen LogP contribution >= 0.6 is 11.6 Å². The zero-order chi connectivity index (χ0) is 17.5. The number of rotatable bonds is 7. The third-order valence-electron chi connectivity index (χ3n) is 4.17. The van der Waals surface area contributed by atoms with Crippen LogP contribution in [-0.4, -0.2) is 60.6 Å². The average molecular weight is 354 g/mol. The molecule has 1 aliphatic heterocycles. The largest absolute Gasteiger partial charge is 0.390 e. The molecule has 0 aliphatic carbocycles. The van der Waals surface area contributed by atoms with Gasteiger partial charge in [0.1, 0.15) is 0 Å². The molecule has 0 aromatic heterocycles. The fourth-order valence-corrected chi connectivity index (χ4v) is 2.88. The summed E-state index contributed by atoms with van der Waals surface area (Å²) in [5.41, 5.74) is 2.13. The lowest BCUT2D eigenvalue weighted by molar-refractivity contribution is -0.132. The Morgan fingerprint density at radius 3 is 2.38 bits per heavy atom. The highest BCUT2D eigenvalue weighted by Crippen LogP contribution is 2.20. The van der Waals surface area contributed by atoms with E-state index in [2.05, 4.69) is 36.2 Å². The third kappa shape index (κ3) is 5.56. The molecule has 1 saturated heterocycles. The predicted octanol–water partition coefficient (Wildman–Crippen LogP) is 2.39. The Balaban J connectivity index is 1.82. The van der Waals surface area contributed by atoms with Crippen LogP contribution in [0.2, 0.25) is 0 Å². The van der Waals surface area contributed by atoms with Crippen LogP contribution in [0.5, 0.6) is 0 Å². The van der Waals surface area contributed by atoms with Crippen LogP contribution in [0.15, 0.2) is 24.3 Å². The molecule has 1 aliphatic rings.